The third-order valence-corrected chi connectivity index (χ3v) is 6.52. The molecule has 2 nitrogen and oxygen atoms in total. The molecule has 0 aliphatic rings. The van der Waals surface area contributed by atoms with Crippen molar-refractivity contribution in [2.75, 3.05) is 0 Å². The van der Waals surface area contributed by atoms with Gasteiger partial charge in [0.15, 0.2) is 6.20 Å². The summed E-state index contributed by atoms with van der Waals surface area (Å²) in [5.41, 5.74) is 5.25. The molecule has 6 rings (SSSR count). The minimum atomic E-state index is -2.43. The number of hydrogen-bond acceptors (Lipinski definition) is 1. The fraction of sp³-hybridized carbons (Fsp3) is 0.167. The van der Waals surface area contributed by atoms with Crippen molar-refractivity contribution in [3.63, 3.8) is 0 Å². The lowest BCUT2D eigenvalue weighted by Gasteiger charge is -2.11. The Kier molecular flexibility index (Phi) is 3.29. The Morgan fingerprint density at radius 1 is 0.875 bits per heavy atom. The van der Waals surface area contributed by atoms with E-state index in [9.17, 15) is 0 Å². The van der Waals surface area contributed by atoms with Gasteiger partial charge in [0, 0.05) is 22.3 Å². The smallest absolute Gasteiger partial charge is 0.224 e. The topological polar surface area (TPSA) is 17.0 Å². The molecule has 2 heteroatoms. The van der Waals surface area contributed by atoms with Crippen LogP contribution in [0.3, 0.4) is 0 Å². The number of aryl methyl sites for hydroxylation is 2. The van der Waals surface area contributed by atoms with Crippen LogP contribution in [-0.4, -0.2) is 0 Å². The SMILES string of the molecule is [2H]C([2H])([2H])C([2H])(C)c1ccc2c(-c3c(C)ccc4c3oc3cc5ccccc5cc34)[n+](C)ccc2c1. The van der Waals surface area contributed by atoms with Gasteiger partial charge in [0.05, 0.1) is 10.9 Å². The van der Waals surface area contributed by atoms with Crippen LogP contribution in [0.4, 0.5) is 0 Å². The summed E-state index contributed by atoms with van der Waals surface area (Å²) in [6.45, 7) is 1.11. The predicted octanol–water partition coefficient (Wildman–Crippen LogP) is 7.82. The number of fused-ring (bicyclic) bond motifs is 5. The Labute approximate surface area is 193 Å². The normalized spacial score (nSPS) is 16.1. The number of nitrogens with zero attached hydrogens (tertiary/aromatic N) is 1. The van der Waals surface area contributed by atoms with Crippen LogP contribution in [0.25, 0.3) is 54.7 Å². The zero-order valence-electron chi connectivity index (χ0n) is 22.4. The van der Waals surface area contributed by atoms with Crippen molar-refractivity contribution in [1.82, 2.24) is 0 Å². The summed E-state index contributed by atoms with van der Waals surface area (Å²) >= 11 is 0. The van der Waals surface area contributed by atoms with Crippen LogP contribution in [-0.2, 0) is 7.05 Å². The van der Waals surface area contributed by atoms with E-state index in [0.29, 0.717) is 5.56 Å². The molecule has 0 amide bonds. The molecule has 0 saturated heterocycles. The third kappa shape index (κ3) is 2.76. The van der Waals surface area contributed by atoms with E-state index in [1.165, 1.54) is 12.3 Å². The maximum Gasteiger partial charge on any atom is 0.224 e. The lowest BCUT2D eigenvalue weighted by Crippen LogP contribution is -2.30. The first kappa shape index (κ1) is 15.2. The Morgan fingerprint density at radius 3 is 2.47 bits per heavy atom. The molecule has 2 heterocycles. The van der Waals surface area contributed by atoms with Crippen molar-refractivity contribution in [3.05, 3.63) is 90.1 Å². The molecule has 0 bridgehead atoms. The van der Waals surface area contributed by atoms with E-state index >= 15 is 0 Å². The van der Waals surface area contributed by atoms with Crippen LogP contribution in [0.1, 0.15) is 36.3 Å². The molecule has 2 aromatic heterocycles. The minimum Gasteiger partial charge on any atom is -0.455 e. The first-order valence-electron chi connectivity index (χ1n) is 12.8. The standard InChI is InChI=1S/C30H26NO/c1-18(2)20-10-12-24-23(15-20)13-14-31(4)29(24)28-19(3)9-11-25-26-16-21-7-5-6-8-22(21)17-27(26)32-30(25)28/h5-18H,1-4H3/q+1/i1D3,18D. The number of aromatic nitrogens is 1. The van der Waals surface area contributed by atoms with E-state index in [1.807, 2.05) is 43.6 Å². The zero-order chi connectivity index (χ0) is 25.4. The number of hydrogen-bond donors (Lipinski definition) is 0. The van der Waals surface area contributed by atoms with Crippen LogP contribution in [0.2, 0.25) is 0 Å². The van der Waals surface area contributed by atoms with Crippen molar-refractivity contribution >= 4 is 43.5 Å². The van der Waals surface area contributed by atoms with Gasteiger partial charge in [-0.2, -0.15) is 0 Å². The fourth-order valence-electron chi connectivity index (χ4n) is 4.83. The van der Waals surface area contributed by atoms with Crippen LogP contribution in [0.15, 0.2) is 83.4 Å². The van der Waals surface area contributed by atoms with Gasteiger partial charge in [0.1, 0.15) is 18.2 Å². The molecule has 32 heavy (non-hydrogen) atoms. The van der Waals surface area contributed by atoms with Crippen LogP contribution >= 0.6 is 0 Å². The van der Waals surface area contributed by atoms with E-state index < -0.39 is 12.7 Å². The molecule has 0 radical (unpaired) electrons. The Hall–Kier alpha value is -3.65. The summed E-state index contributed by atoms with van der Waals surface area (Å²) in [7, 11) is 2.01. The van der Waals surface area contributed by atoms with E-state index in [-0.39, 0.29) is 0 Å². The summed E-state index contributed by atoms with van der Waals surface area (Å²) in [6, 6.07) is 24.3. The summed E-state index contributed by atoms with van der Waals surface area (Å²) in [5.74, 6) is -1.70. The van der Waals surface area contributed by atoms with Gasteiger partial charge in [-0.15, -0.1) is 0 Å². The van der Waals surface area contributed by atoms with Gasteiger partial charge in [-0.3, -0.25) is 0 Å². The molecular formula is C30H26NO+. The Morgan fingerprint density at radius 2 is 1.66 bits per heavy atom. The Balaban J connectivity index is 1.65. The van der Waals surface area contributed by atoms with Gasteiger partial charge in [-0.25, -0.2) is 4.57 Å². The third-order valence-electron chi connectivity index (χ3n) is 6.52. The molecule has 0 fully saturated rings. The van der Waals surface area contributed by atoms with Crippen molar-refractivity contribution in [1.29, 1.82) is 0 Å². The van der Waals surface area contributed by atoms with Gasteiger partial charge >= 0.3 is 0 Å². The average molecular weight is 421 g/mol. The highest BCUT2D eigenvalue weighted by molar-refractivity contribution is 6.14. The van der Waals surface area contributed by atoms with Crippen molar-refractivity contribution < 1.29 is 14.5 Å². The monoisotopic (exact) mass is 420 g/mol. The molecule has 0 aliphatic carbocycles. The summed E-state index contributed by atoms with van der Waals surface area (Å²) in [6.07, 6.45) is 1.98. The van der Waals surface area contributed by atoms with Crippen molar-refractivity contribution in [2.45, 2.75) is 26.6 Å². The largest absolute Gasteiger partial charge is 0.455 e. The fourth-order valence-corrected chi connectivity index (χ4v) is 4.83. The lowest BCUT2D eigenvalue weighted by atomic mass is 9.94. The van der Waals surface area contributed by atoms with Crippen LogP contribution in [0.5, 0.6) is 0 Å². The predicted molar refractivity (Wildman–Crippen MR) is 134 cm³/mol. The lowest BCUT2D eigenvalue weighted by molar-refractivity contribution is -0.659. The summed E-state index contributed by atoms with van der Waals surface area (Å²) in [5, 5.41) is 6.32. The average Bonchev–Trinajstić information content (AvgIpc) is 3.19. The zero-order valence-corrected chi connectivity index (χ0v) is 18.4. The van der Waals surface area contributed by atoms with E-state index in [2.05, 4.69) is 47.9 Å². The van der Waals surface area contributed by atoms with Crippen LogP contribution in [0, 0.1) is 6.92 Å². The maximum absolute atomic E-state index is 8.54. The molecule has 156 valence electrons. The second-order valence-electron chi connectivity index (χ2n) is 8.63. The van der Waals surface area contributed by atoms with E-state index in [4.69, 9.17) is 9.90 Å². The highest BCUT2D eigenvalue weighted by Gasteiger charge is 2.23. The number of rotatable bonds is 2. The van der Waals surface area contributed by atoms with Gasteiger partial charge < -0.3 is 4.42 Å². The maximum atomic E-state index is 8.54. The van der Waals surface area contributed by atoms with Gasteiger partial charge in [-0.1, -0.05) is 62.3 Å². The number of pyridine rings is 1. The van der Waals surface area contributed by atoms with Crippen molar-refractivity contribution in [2.24, 2.45) is 7.05 Å². The highest BCUT2D eigenvalue weighted by Crippen LogP contribution is 2.40. The van der Waals surface area contributed by atoms with E-state index in [0.717, 1.165) is 54.9 Å². The summed E-state index contributed by atoms with van der Waals surface area (Å²) < 4.78 is 40.7. The molecule has 0 aliphatic heterocycles. The highest BCUT2D eigenvalue weighted by atomic mass is 16.3. The van der Waals surface area contributed by atoms with E-state index in [1.54, 1.807) is 6.07 Å². The summed E-state index contributed by atoms with van der Waals surface area (Å²) in [4.78, 5) is 0. The number of furan rings is 1. The van der Waals surface area contributed by atoms with Crippen LogP contribution < -0.4 is 4.57 Å². The van der Waals surface area contributed by atoms with Crippen molar-refractivity contribution in [3.8, 4) is 11.3 Å². The van der Waals surface area contributed by atoms with Gasteiger partial charge in [0.2, 0.25) is 5.69 Å². The Bertz CT molecular complexity index is 1830. The second-order valence-corrected chi connectivity index (χ2v) is 8.63. The molecule has 0 N–H and O–H groups in total. The van der Waals surface area contributed by atoms with Gasteiger partial charge in [0.25, 0.3) is 0 Å². The van der Waals surface area contributed by atoms with Gasteiger partial charge in [-0.05, 0) is 58.3 Å². The molecule has 6 aromatic rings. The minimum absolute atomic E-state index is 0.472. The molecule has 0 spiro atoms. The first-order valence-corrected chi connectivity index (χ1v) is 10.8. The molecule has 1 atom stereocenters. The molecule has 0 saturated carbocycles. The number of benzene rings is 4. The first-order chi connectivity index (χ1) is 17.1. The second kappa shape index (κ2) is 6.93. The molecular weight excluding hydrogens is 390 g/mol. The molecule has 1 unspecified atom stereocenters. The molecule has 4 aromatic carbocycles. The quantitative estimate of drug-likeness (QED) is 0.261.